The molecule has 0 bridgehead atoms. The van der Waals surface area contributed by atoms with Crippen molar-refractivity contribution in [3.05, 3.63) is 289 Å². The van der Waals surface area contributed by atoms with Crippen molar-refractivity contribution >= 4 is 34.1 Å². The first-order valence-electron chi connectivity index (χ1n) is 26.7. The number of rotatable bonds is 10. The number of nitrogens with zero attached hydrogens (tertiary/aromatic N) is 2. The Morgan fingerprint density at radius 3 is 1.03 bits per heavy atom. The molecule has 2 heteroatoms. The third-order valence-corrected chi connectivity index (χ3v) is 11.5. The van der Waals surface area contributed by atoms with Gasteiger partial charge in [-0.25, -0.2) is 0 Å². The van der Waals surface area contributed by atoms with Crippen LogP contribution in [0.3, 0.4) is 0 Å². The van der Waals surface area contributed by atoms with Crippen LogP contribution in [-0.2, 0) is 5.41 Å². The van der Waals surface area contributed by atoms with Crippen LogP contribution in [0.15, 0.2) is 267 Å². The zero-order valence-electron chi connectivity index (χ0n) is 45.9. The summed E-state index contributed by atoms with van der Waals surface area (Å²) in [5.41, 5.74) is 5.30. The quantitative estimate of drug-likeness (QED) is 0.136. The van der Waals surface area contributed by atoms with Gasteiger partial charge in [0.15, 0.2) is 0 Å². The van der Waals surface area contributed by atoms with Crippen molar-refractivity contribution in [3.8, 4) is 33.4 Å². The molecule has 0 unspecified atom stereocenters. The molecule has 0 spiro atoms. The molecule has 298 valence electrons. The van der Waals surface area contributed by atoms with Gasteiger partial charge in [-0.15, -0.1) is 0 Å². The number of anilines is 6. The molecule has 11 rings (SSSR count). The van der Waals surface area contributed by atoms with Crippen molar-refractivity contribution in [2.75, 3.05) is 9.80 Å². The van der Waals surface area contributed by atoms with E-state index >= 15 is 0 Å². The van der Waals surface area contributed by atoms with Crippen LogP contribution in [0.1, 0.15) is 38.7 Å². The second-order valence-electron chi connectivity index (χ2n) is 15.1. The van der Waals surface area contributed by atoms with Crippen molar-refractivity contribution in [1.29, 1.82) is 0 Å². The fourth-order valence-corrected chi connectivity index (χ4v) is 8.77. The molecule has 1 aliphatic rings. The Bertz CT molecular complexity index is 3690. The molecule has 0 atom stereocenters. The van der Waals surface area contributed by atoms with Crippen LogP contribution >= 0.6 is 0 Å². The Kier molecular flexibility index (Phi) is 6.98. The summed E-state index contributed by atoms with van der Waals surface area (Å²) in [6.07, 6.45) is 0. The molecule has 10 aromatic rings. The average Bonchev–Trinajstić information content (AvgIpc) is 3.79. The van der Waals surface area contributed by atoms with Gasteiger partial charge in [0.05, 0.1) is 21.9 Å². The Morgan fingerprint density at radius 2 is 0.603 bits per heavy atom. The first-order valence-corrected chi connectivity index (χ1v) is 20.7. The lowest BCUT2D eigenvalue weighted by molar-refractivity contribution is 0.768. The summed E-state index contributed by atoms with van der Waals surface area (Å²) >= 11 is 0. The molecule has 0 aliphatic heterocycles. The summed E-state index contributed by atoms with van der Waals surface area (Å²) in [5, 5.41) is 0. The van der Waals surface area contributed by atoms with Gasteiger partial charge in [-0.3, -0.25) is 0 Å². The molecule has 2 nitrogen and oxygen atoms in total. The van der Waals surface area contributed by atoms with Gasteiger partial charge in [0, 0.05) is 34.1 Å². The number of hydrogen-bond acceptors (Lipinski definition) is 2. The highest BCUT2D eigenvalue weighted by Crippen LogP contribution is 2.57. The molecule has 0 radical (unpaired) electrons. The van der Waals surface area contributed by atoms with Gasteiger partial charge in [-0.2, -0.15) is 0 Å². The molecule has 1 aliphatic carbocycles. The highest BCUT2D eigenvalue weighted by Gasteiger charge is 2.46. The van der Waals surface area contributed by atoms with E-state index in [1.807, 2.05) is 109 Å². The molecule has 0 fully saturated rings. The number of benzene rings is 10. The van der Waals surface area contributed by atoms with Crippen molar-refractivity contribution in [3.63, 3.8) is 0 Å². The largest absolute Gasteiger partial charge is 0.311 e. The number of fused-ring (bicyclic) bond motifs is 3. The summed E-state index contributed by atoms with van der Waals surface area (Å²) in [6, 6.07) is 54.2. The lowest BCUT2D eigenvalue weighted by Crippen LogP contribution is -2.28. The zero-order chi connectivity index (χ0) is 52.4. The maximum atomic E-state index is 9.72. The minimum absolute atomic E-state index is 0.0944. The minimum atomic E-state index is -0.798. The maximum absolute atomic E-state index is 9.72. The van der Waals surface area contributed by atoms with Crippen molar-refractivity contribution < 1.29 is 16.4 Å². The van der Waals surface area contributed by atoms with Crippen molar-refractivity contribution in [2.24, 2.45) is 0 Å². The fourth-order valence-electron chi connectivity index (χ4n) is 8.77. The first kappa shape index (κ1) is 26.9. The Labute approximate surface area is 387 Å². The van der Waals surface area contributed by atoms with Crippen LogP contribution in [0, 0.1) is 0 Å². The topological polar surface area (TPSA) is 6.48 Å². The van der Waals surface area contributed by atoms with Crippen LogP contribution in [-0.4, -0.2) is 0 Å². The summed E-state index contributed by atoms with van der Waals surface area (Å²) in [7, 11) is 0. The third kappa shape index (κ3) is 6.79. The van der Waals surface area contributed by atoms with E-state index in [4.69, 9.17) is 0 Å². The predicted octanol–water partition coefficient (Wildman–Crippen LogP) is 16.3. The van der Waals surface area contributed by atoms with E-state index in [1.54, 1.807) is 58.3 Å². The van der Waals surface area contributed by atoms with Gasteiger partial charge >= 0.3 is 0 Å². The van der Waals surface area contributed by atoms with Crippen molar-refractivity contribution in [2.45, 2.75) is 5.41 Å². The van der Waals surface area contributed by atoms with Gasteiger partial charge in [0.1, 0.15) is 0 Å². The lowest BCUT2D eigenvalue weighted by Gasteiger charge is -2.35. The molecule has 0 amide bonds. The predicted molar refractivity (Wildman–Crippen MR) is 264 cm³/mol. The van der Waals surface area contributed by atoms with Gasteiger partial charge in [-0.1, -0.05) is 194 Å². The third-order valence-electron chi connectivity index (χ3n) is 11.5. The summed E-state index contributed by atoms with van der Waals surface area (Å²) in [4.78, 5) is 3.26. The molecule has 0 saturated carbocycles. The number of para-hydroxylation sites is 3. The lowest BCUT2D eigenvalue weighted by atomic mass is 9.67. The monoisotopic (exact) mass is 816 g/mol. The molecular formula is C61H44N2. The highest BCUT2D eigenvalue weighted by atomic mass is 15.1. The van der Waals surface area contributed by atoms with Crippen LogP contribution in [0.25, 0.3) is 33.4 Å². The van der Waals surface area contributed by atoms with E-state index in [9.17, 15) is 16.4 Å². The molecule has 10 aromatic carbocycles. The molecule has 0 aromatic heterocycles. The molecule has 0 N–H and O–H groups in total. The summed E-state index contributed by atoms with van der Waals surface area (Å²) < 4.78 is 113. The second kappa shape index (κ2) is 16.3. The van der Waals surface area contributed by atoms with Gasteiger partial charge < -0.3 is 9.80 Å². The second-order valence-corrected chi connectivity index (χ2v) is 15.1. The standard InChI is InChI=1S/C61H44N2/c1-6-18-49(19-7-1)61(50-20-8-2-9-21-50)59-29-17-16-28-57(59)58-43-42-56(44-60(58)61)63(53-26-14-5-15-27-53)55-40-36-48(37-41-55)46-32-30-45(31-33-46)47-34-38-54(39-35-47)62(51-22-10-3-11-23-51)52-24-12-4-13-25-52/h1-44H/i30D,31D,32D,33D,34D,35D,36D,37D,38D,39D,40D,41D. The Morgan fingerprint density at radius 1 is 0.270 bits per heavy atom. The summed E-state index contributed by atoms with van der Waals surface area (Å²) in [6.45, 7) is 0. The first-order chi connectivity index (χ1) is 36.3. The SMILES string of the molecule is [2H]c1c([2H])c(-c2c([2H])c([2H])c(N(c3ccccc3)c3ccc4c(c3)C(c3ccccc3)(c3ccccc3)c3ccccc3-4)c([2H])c2[2H])c([2H])c([2H])c1-c1c([2H])c([2H])c(N(c2ccccc2)c2ccccc2)c([2H])c1[2H]. The van der Waals surface area contributed by atoms with Crippen LogP contribution < -0.4 is 9.80 Å². The number of hydrogen-bond donors (Lipinski definition) is 0. The molecular weight excluding hydrogens is 761 g/mol. The summed E-state index contributed by atoms with van der Waals surface area (Å²) in [5.74, 6) is 0. The average molecular weight is 817 g/mol. The minimum Gasteiger partial charge on any atom is -0.311 e. The van der Waals surface area contributed by atoms with Gasteiger partial charge in [0.25, 0.3) is 0 Å². The van der Waals surface area contributed by atoms with Crippen LogP contribution in [0.4, 0.5) is 34.1 Å². The zero-order valence-corrected chi connectivity index (χ0v) is 33.9. The van der Waals surface area contributed by atoms with Crippen LogP contribution in [0.5, 0.6) is 0 Å². The van der Waals surface area contributed by atoms with E-state index in [0.717, 1.165) is 33.4 Å². The molecule has 0 saturated heterocycles. The smallest absolute Gasteiger partial charge is 0.0714 e. The maximum Gasteiger partial charge on any atom is 0.0714 e. The van der Waals surface area contributed by atoms with Gasteiger partial charge in [-0.05, 0) is 128 Å². The fraction of sp³-hybridized carbons (Fsp3) is 0.0164. The van der Waals surface area contributed by atoms with E-state index in [1.165, 1.54) is 0 Å². The van der Waals surface area contributed by atoms with Crippen molar-refractivity contribution in [1.82, 2.24) is 0 Å². The normalized spacial score (nSPS) is 14.9. The Balaban J connectivity index is 1.08. The molecule has 0 heterocycles. The van der Waals surface area contributed by atoms with E-state index in [2.05, 4.69) is 36.4 Å². The Hall–Kier alpha value is -8.20. The molecule has 63 heavy (non-hydrogen) atoms. The highest BCUT2D eigenvalue weighted by molar-refractivity contribution is 5.90. The van der Waals surface area contributed by atoms with E-state index in [0.29, 0.717) is 22.7 Å². The van der Waals surface area contributed by atoms with Gasteiger partial charge in [0.2, 0.25) is 0 Å². The van der Waals surface area contributed by atoms with E-state index < -0.39 is 100 Å². The van der Waals surface area contributed by atoms with E-state index in [-0.39, 0.29) is 11.4 Å². The van der Waals surface area contributed by atoms with Crippen LogP contribution in [0.2, 0.25) is 0 Å².